The summed E-state index contributed by atoms with van der Waals surface area (Å²) >= 11 is 3.35. The van der Waals surface area contributed by atoms with E-state index in [1.165, 1.54) is 31.7 Å². The smallest absolute Gasteiger partial charge is 0.137 e. The van der Waals surface area contributed by atoms with Crippen molar-refractivity contribution in [3.8, 4) is 0 Å². The van der Waals surface area contributed by atoms with Crippen molar-refractivity contribution in [1.29, 1.82) is 0 Å². The second-order valence-electron chi connectivity index (χ2n) is 6.53. The van der Waals surface area contributed by atoms with Crippen LogP contribution < -0.4 is 11.3 Å². The standard InChI is InChI=1S/C16H24BrFN2/c1-16(2)9-4-3-7-12(16)14(20-19)10-11-6-5-8-13(18)15(11)17/h5-6,8,12,14,20H,3-4,7,9-10,19H2,1-2H3. The van der Waals surface area contributed by atoms with Gasteiger partial charge in [-0.05, 0) is 58.2 Å². The van der Waals surface area contributed by atoms with Crippen molar-refractivity contribution in [3.63, 3.8) is 0 Å². The fourth-order valence-electron chi connectivity index (χ4n) is 3.53. The lowest BCUT2D eigenvalue weighted by atomic mass is 9.65. The second kappa shape index (κ2) is 6.54. The topological polar surface area (TPSA) is 38.0 Å². The van der Waals surface area contributed by atoms with Crippen LogP contribution in [0.3, 0.4) is 0 Å². The molecule has 0 spiro atoms. The molecular weight excluding hydrogens is 319 g/mol. The summed E-state index contributed by atoms with van der Waals surface area (Å²) in [7, 11) is 0. The van der Waals surface area contributed by atoms with E-state index in [0.29, 0.717) is 10.4 Å². The van der Waals surface area contributed by atoms with Gasteiger partial charge in [-0.2, -0.15) is 0 Å². The van der Waals surface area contributed by atoms with E-state index in [2.05, 4.69) is 35.2 Å². The van der Waals surface area contributed by atoms with Gasteiger partial charge in [0.15, 0.2) is 0 Å². The van der Waals surface area contributed by atoms with Crippen molar-refractivity contribution in [2.75, 3.05) is 0 Å². The Bertz CT molecular complexity index is 462. The summed E-state index contributed by atoms with van der Waals surface area (Å²) in [4.78, 5) is 0. The summed E-state index contributed by atoms with van der Waals surface area (Å²) < 4.78 is 14.2. The van der Waals surface area contributed by atoms with E-state index in [4.69, 9.17) is 5.84 Å². The van der Waals surface area contributed by atoms with Crippen LogP contribution in [0.15, 0.2) is 22.7 Å². The van der Waals surface area contributed by atoms with Gasteiger partial charge in [-0.1, -0.05) is 38.8 Å². The largest absolute Gasteiger partial charge is 0.271 e. The Labute approximate surface area is 129 Å². The van der Waals surface area contributed by atoms with Crippen molar-refractivity contribution >= 4 is 15.9 Å². The number of halogens is 2. The summed E-state index contributed by atoms with van der Waals surface area (Å²) in [5.41, 5.74) is 4.25. The van der Waals surface area contributed by atoms with Crippen molar-refractivity contribution in [2.45, 2.75) is 52.0 Å². The van der Waals surface area contributed by atoms with E-state index in [1.807, 2.05) is 6.07 Å². The molecule has 0 radical (unpaired) electrons. The third kappa shape index (κ3) is 3.41. The molecule has 3 N–H and O–H groups in total. The van der Waals surface area contributed by atoms with Gasteiger partial charge in [0.05, 0.1) is 4.47 Å². The van der Waals surface area contributed by atoms with E-state index < -0.39 is 0 Å². The van der Waals surface area contributed by atoms with Crippen LogP contribution in [0, 0.1) is 17.2 Å². The van der Waals surface area contributed by atoms with E-state index >= 15 is 0 Å². The fraction of sp³-hybridized carbons (Fsp3) is 0.625. The zero-order chi connectivity index (χ0) is 14.8. The number of rotatable bonds is 4. The van der Waals surface area contributed by atoms with Crippen LogP contribution in [0.5, 0.6) is 0 Å². The molecule has 4 heteroatoms. The molecule has 0 bridgehead atoms. The van der Waals surface area contributed by atoms with Gasteiger partial charge >= 0.3 is 0 Å². The monoisotopic (exact) mass is 342 g/mol. The molecule has 1 aromatic rings. The fourth-order valence-corrected chi connectivity index (χ4v) is 3.95. The highest BCUT2D eigenvalue weighted by Crippen LogP contribution is 2.43. The van der Waals surface area contributed by atoms with E-state index in [0.717, 1.165) is 12.0 Å². The van der Waals surface area contributed by atoms with Gasteiger partial charge in [0.2, 0.25) is 0 Å². The first kappa shape index (κ1) is 15.9. The lowest BCUT2D eigenvalue weighted by Crippen LogP contribution is -2.48. The number of nitrogens with two attached hydrogens (primary N) is 1. The molecule has 0 heterocycles. The quantitative estimate of drug-likeness (QED) is 0.636. The maximum Gasteiger partial charge on any atom is 0.137 e. The Morgan fingerprint density at radius 2 is 2.20 bits per heavy atom. The lowest BCUT2D eigenvalue weighted by Gasteiger charge is -2.43. The van der Waals surface area contributed by atoms with Gasteiger partial charge in [-0.3, -0.25) is 11.3 Å². The minimum absolute atomic E-state index is 0.184. The number of nitrogens with one attached hydrogen (secondary N) is 1. The van der Waals surface area contributed by atoms with Crippen molar-refractivity contribution in [3.05, 3.63) is 34.1 Å². The number of hydrogen-bond donors (Lipinski definition) is 2. The third-order valence-electron chi connectivity index (χ3n) is 4.76. The summed E-state index contributed by atoms with van der Waals surface area (Å²) in [6, 6.07) is 5.38. The SMILES string of the molecule is CC1(C)CCCCC1C(Cc1cccc(F)c1Br)NN. The Morgan fingerprint density at radius 3 is 2.85 bits per heavy atom. The Hall–Kier alpha value is -0.450. The lowest BCUT2D eigenvalue weighted by molar-refractivity contribution is 0.0981. The minimum atomic E-state index is -0.207. The first-order chi connectivity index (χ1) is 9.45. The van der Waals surface area contributed by atoms with Gasteiger partial charge < -0.3 is 0 Å². The predicted molar refractivity (Wildman–Crippen MR) is 84.7 cm³/mol. The van der Waals surface area contributed by atoms with Gasteiger partial charge in [0, 0.05) is 6.04 Å². The molecule has 1 aliphatic rings. The third-order valence-corrected chi connectivity index (χ3v) is 5.65. The molecule has 1 saturated carbocycles. The van der Waals surface area contributed by atoms with Crippen molar-refractivity contribution in [2.24, 2.45) is 17.2 Å². The molecule has 0 aromatic heterocycles. The van der Waals surface area contributed by atoms with Crippen LogP contribution in [0.2, 0.25) is 0 Å². The van der Waals surface area contributed by atoms with Crippen molar-refractivity contribution < 1.29 is 4.39 Å². The second-order valence-corrected chi connectivity index (χ2v) is 7.32. The summed E-state index contributed by atoms with van der Waals surface area (Å²) in [6.45, 7) is 4.64. The maximum atomic E-state index is 13.6. The minimum Gasteiger partial charge on any atom is -0.271 e. The molecule has 0 amide bonds. The first-order valence-corrected chi connectivity index (χ1v) is 8.14. The molecule has 0 saturated heterocycles. The van der Waals surface area contributed by atoms with E-state index in [9.17, 15) is 4.39 Å². The first-order valence-electron chi connectivity index (χ1n) is 7.34. The van der Waals surface area contributed by atoms with Crippen molar-refractivity contribution in [1.82, 2.24) is 5.43 Å². The number of hydrazine groups is 1. The normalized spacial score (nSPS) is 23.6. The molecule has 1 aromatic carbocycles. The molecule has 112 valence electrons. The molecular formula is C16H24BrFN2. The zero-order valence-electron chi connectivity index (χ0n) is 12.3. The summed E-state index contributed by atoms with van der Waals surface area (Å²) in [6.07, 6.45) is 5.74. The highest BCUT2D eigenvalue weighted by Gasteiger charge is 2.37. The number of hydrogen-bond acceptors (Lipinski definition) is 2. The molecule has 2 unspecified atom stereocenters. The Balaban J connectivity index is 2.18. The molecule has 2 atom stereocenters. The van der Waals surface area contributed by atoms with Crippen LogP contribution in [-0.4, -0.2) is 6.04 Å². The molecule has 2 rings (SSSR count). The van der Waals surface area contributed by atoms with Gasteiger partial charge in [0.25, 0.3) is 0 Å². The zero-order valence-corrected chi connectivity index (χ0v) is 13.8. The molecule has 20 heavy (non-hydrogen) atoms. The Morgan fingerprint density at radius 1 is 1.45 bits per heavy atom. The van der Waals surface area contributed by atoms with E-state index in [-0.39, 0.29) is 17.3 Å². The maximum absolute atomic E-state index is 13.6. The summed E-state index contributed by atoms with van der Waals surface area (Å²) in [5.74, 6) is 6.12. The highest BCUT2D eigenvalue weighted by atomic mass is 79.9. The van der Waals surface area contributed by atoms with Gasteiger partial charge in [-0.25, -0.2) is 4.39 Å². The van der Waals surface area contributed by atoms with Gasteiger partial charge in [0.1, 0.15) is 5.82 Å². The predicted octanol–water partition coefficient (Wildman–Crippen LogP) is 4.18. The van der Waals surface area contributed by atoms with Crippen LogP contribution in [-0.2, 0) is 6.42 Å². The van der Waals surface area contributed by atoms with Gasteiger partial charge in [-0.15, -0.1) is 0 Å². The number of benzene rings is 1. The van der Waals surface area contributed by atoms with Crippen LogP contribution in [0.25, 0.3) is 0 Å². The van der Waals surface area contributed by atoms with Crippen LogP contribution in [0.1, 0.15) is 45.1 Å². The molecule has 2 nitrogen and oxygen atoms in total. The Kier molecular flexibility index (Phi) is 5.21. The molecule has 1 fully saturated rings. The molecule has 1 aliphatic carbocycles. The van der Waals surface area contributed by atoms with Crippen LogP contribution in [0.4, 0.5) is 4.39 Å². The average Bonchev–Trinajstić information content (AvgIpc) is 2.41. The van der Waals surface area contributed by atoms with Crippen LogP contribution >= 0.6 is 15.9 Å². The van der Waals surface area contributed by atoms with E-state index in [1.54, 1.807) is 6.07 Å². The highest BCUT2D eigenvalue weighted by molar-refractivity contribution is 9.10. The summed E-state index contributed by atoms with van der Waals surface area (Å²) in [5, 5.41) is 0. The average molecular weight is 343 g/mol. The molecule has 0 aliphatic heterocycles.